The monoisotopic (exact) mass is 385 g/mol. The molecule has 1 fully saturated rings. The largest absolute Gasteiger partial charge is 0.335 e. The number of carbonyl (C=O) groups is 1. The lowest BCUT2D eigenvalue weighted by molar-refractivity contribution is -0.131. The maximum absolute atomic E-state index is 13.0. The SMILES string of the molecule is Cc1ccccc1CS(=O)(=O)CC(=O)N(Cc1ccccc1)[C@H](C)C1CC1. The van der Waals surface area contributed by atoms with Crippen molar-refractivity contribution >= 4 is 15.7 Å². The fourth-order valence-electron chi connectivity index (χ4n) is 3.40. The van der Waals surface area contributed by atoms with E-state index >= 15 is 0 Å². The second-order valence-corrected chi connectivity index (χ2v) is 9.61. The molecule has 0 heterocycles. The molecule has 5 heteroatoms. The van der Waals surface area contributed by atoms with E-state index < -0.39 is 15.6 Å². The molecule has 0 saturated heterocycles. The molecule has 0 unspecified atom stereocenters. The summed E-state index contributed by atoms with van der Waals surface area (Å²) in [7, 11) is -3.52. The van der Waals surface area contributed by atoms with Crippen LogP contribution in [-0.2, 0) is 26.9 Å². The van der Waals surface area contributed by atoms with Crippen molar-refractivity contribution in [2.45, 2.75) is 45.0 Å². The minimum atomic E-state index is -3.52. The number of hydrogen-bond donors (Lipinski definition) is 0. The number of carbonyl (C=O) groups excluding carboxylic acids is 1. The molecular weight excluding hydrogens is 358 g/mol. The molecule has 0 aliphatic heterocycles. The lowest BCUT2D eigenvalue weighted by atomic mass is 10.1. The molecule has 1 atom stereocenters. The molecule has 0 bridgehead atoms. The predicted molar refractivity (Wildman–Crippen MR) is 108 cm³/mol. The molecule has 0 aromatic heterocycles. The van der Waals surface area contributed by atoms with Gasteiger partial charge >= 0.3 is 0 Å². The zero-order chi connectivity index (χ0) is 19.4. The quantitative estimate of drug-likeness (QED) is 0.696. The van der Waals surface area contributed by atoms with Gasteiger partial charge in [-0.05, 0) is 49.3 Å². The lowest BCUT2D eigenvalue weighted by Gasteiger charge is -2.29. The average Bonchev–Trinajstić information content (AvgIpc) is 3.46. The minimum Gasteiger partial charge on any atom is -0.335 e. The summed E-state index contributed by atoms with van der Waals surface area (Å²) in [5.74, 6) is -0.350. The van der Waals surface area contributed by atoms with Crippen molar-refractivity contribution in [3.05, 3.63) is 71.3 Å². The number of amides is 1. The summed E-state index contributed by atoms with van der Waals surface area (Å²) >= 11 is 0. The van der Waals surface area contributed by atoms with E-state index in [1.807, 2.05) is 68.4 Å². The number of rotatable bonds is 8. The average molecular weight is 386 g/mol. The van der Waals surface area contributed by atoms with Crippen LogP contribution in [0.5, 0.6) is 0 Å². The zero-order valence-corrected chi connectivity index (χ0v) is 16.8. The normalized spacial score (nSPS) is 15.3. The van der Waals surface area contributed by atoms with Crippen molar-refractivity contribution in [2.75, 3.05) is 5.75 Å². The Morgan fingerprint density at radius 1 is 1.07 bits per heavy atom. The van der Waals surface area contributed by atoms with Crippen LogP contribution < -0.4 is 0 Å². The molecule has 2 aromatic carbocycles. The Bertz CT molecular complexity index is 889. The van der Waals surface area contributed by atoms with E-state index in [2.05, 4.69) is 0 Å². The molecule has 27 heavy (non-hydrogen) atoms. The summed E-state index contributed by atoms with van der Waals surface area (Å²) in [5, 5.41) is 0. The summed E-state index contributed by atoms with van der Waals surface area (Å²) in [6.07, 6.45) is 2.21. The Balaban J connectivity index is 1.74. The first-order chi connectivity index (χ1) is 12.9. The highest BCUT2D eigenvalue weighted by Crippen LogP contribution is 2.35. The van der Waals surface area contributed by atoms with Crippen LogP contribution in [0.4, 0.5) is 0 Å². The van der Waals surface area contributed by atoms with Crippen molar-refractivity contribution in [3.63, 3.8) is 0 Å². The van der Waals surface area contributed by atoms with Crippen molar-refractivity contribution in [3.8, 4) is 0 Å². The first-order valence-electron chi connectivity index (χ1n) is 9.44. The fraction of sp³-hybridized carbons (Fsp3) is 0.409. The molecule has 1 saturated carbocycles. The molecule has 1 aliphatic rings. The molecular formula is C22H27NO3S. The molecule has 4 nitrogen and oxygen atoms in total. The van der Waals surface area contributed by atoms with Gasteiger partial charge in [0.25, 0.3) is 0 Å². The third kappa shape index (κ3) is 5.42. The van der Waals surface area contributed by atoms with Gasteiger partial charge in [-0.25, -0.2) is 8.42 Å². The van der Waals surface area contributed by atoms with Gasteiger partial charge in [0.2, 0.25) is 5.91 Å². The predicted octanol–water partition coefficient (Wildman–Crippen LogP) is 3.74. The van der Waals surface area contributed by atoms with E-state index in [9.17, 15) is 13.2 Å². The first kappa shape index (κ1) is 19.6. The summed E-state index contributed by atoms with van der Waals surface area (Å²) in [6, 6.07) is 17.2. The summed E-state index contributed by atoms with van der Waals surface area (Å²) in [4.78, 5) is 14.7. The molecule has 0 spiro atoms. The van der Waals surface area contributed by atoms with Gasteiger partial charge in [0.15, 0.2) is 9.84 Å². The minimum absolute atomic E-state index is 0.0615. The maximum atomic E-state index is 13.0. The van der Waals surface area contributed by atoms with E-state index in [-0.39, 0.29) is 17.7 Å². The third-order valence-electron chi connectivity index (χ3n) is 5.29. The number of sulfone groups is 1. The Morgan fingerprint density at radius 3 is 2.33 bits per heavy atom. The Labute approximate surface area is 162 Å². The van der Waals surface area contributed by atoms with Gasteiger partial charge in [-0.1, -0.05) is 54.6 Å². The lowest BCUT2D eigenvalue weighted by Crippen LogP contribution is -2.42. The van der Waals surface area contributed by atoms with Crippen LogP contribution in [0.15, 0.2) is 54.6 Å². The second-order valence-electron chi connectivity index (χ2n) is 7.54. The highest BCUT2D eigenvalue weighted by Gasteiger charge is 2.35. The molecule has 0 N–H and O–H groups in total. The van der Waals surface area contributed by atoms with Gasteiger partial charge in [-0.3, -0.25) is 4.79 Å². The number of aryl methyl sites for hydroxylation is 1. The van der Waals surface area contributed by atoms with Crippen molar-refractivity contribution in [2.24, 2.45) is 5.92 Å². The third-order valence-corrected chi connectivity index (χ3v) is 6.73. The highest BCUT2D eigenvalue weighted by atomic mass is 32.2. The molecule has 1 aliphatic carbocycles. The molecule has 1 amide bonds. The van der Waals surface area contributed by atoms with Gasteiger partial charge in [0.1, 0.15) is 5.75 Å². The van der Waals surface area contributed by atoms with Crippen LogP contribution in [0.25, 0.3) is 0 Å². The Kier molecular flexibility index (Phi) is 6.00. The second kappa shape index (κ2) is 8.26. The topological polar surface area (TPSA) is 54.5 Å². The standard InChI is InChI=1S/C22H27NO3S/c1-17-8-6-7-11-21(17)15-27(25,26)16-22(24)23(18(2)20-12-13-20)14-19-9-4-3-5-10-19/h3-11,18,20H,12-16H2,1-2H3/t18-/m1/s1. The van der Waals surface area contributed by atoms with Gasteiger partial charge in [-0.2, -0.15) is 0 Å². The summed E-state index contributed by atoms with van der Waals surface area (Å²) < 4.78 is 25.4. The Morgan fingerprint density at radius 2 is 1.70 bits per heavy atom. The van der Waals surface area contributed by atoms with Crippen LogP contribution in [0, 0.1) is 12.8 Å². The maximum Gasteiger partial charge on any atom is 0.238 e. The number of nitrogens with zero attached hydrogens (tertiary/aromatic N) is 1. The van der Waals surface area contributed by atoms with Gasteiger partial charge < -0.3 is 4.90 Å². The highest BCUT2D eigenvalue weighted by molar-refractivity contribution is 7.91. The number of hydrogen-bond acceptors (Lipinski definition) is 3. The smallest absolute Gasteiger partial charge is 0.238 e. The fourth-order valence-corrected chi connectivity index (χ4v) is 4.85. The first-order valence-corrected chi connectivity index (χ1v) is 11.3. The van der Waals surface area contributed by atoms with E-state index in [4.69, 9.17) is 0 Å². The van der Waals surface area contributed by atoms with Crippen molar-refractivity contribution in [1.82, 2.24) is 4.90 Å². The van der Waals surface area contributed by atoms with Crippen LogP contribution >= 0.6 is 0 Å². The van der Waals surface area contributed by atoms with Crippen LogP contribution in [0.3, 0.4) is 0 Å². The molecule has 3 rings (SSSR count). The van der Waals surface area contributed by atoms with Crippen LogP contribution in [0.2, 0.25) is 0 Å². The van der Waals surface area contributed by atoms with Gasteiger partial charge in [0.05, 0.1) is 5.75 Å². The van der Waals surface area contributed by atoms with Crippen molar-refractivity contribution in [1.29, 1.82) is 0 Å². The van der Waals surface area contributed by atoms with E-state index in [0.29, 0.717) is 12.5 Å². The van der Waals surface area contributed by atoms with Crippen LogP contribution in [0.1, 0.15) is 36.5 Å². The molecule has 0 radical (unpaired) electrons. The molecule has 2 aromatic rings. The van der Waals surface area contributed by atoms with E-state index in [0.717, 1.165) is 29.5 Å². The van der Waals surface area contributed by atoms with Crippen LogP contribution in [-0.4, -0.2) is 31.0 Å². The number of benzene rings is 2. The van der Waals surface area contributed by atoms with Crippen molar-refractivity contribution < 1.29 is 13.2 Å². The van der Waals surface area contributed by atoms with E-state index in [1.165, 1.54) is 0 Å². The zero-order valence-electron chi connectivity index (χ0n) is 16.0. The summed E-state index contributed by atoms with van der Waals surface area (Å²) in [5.41, 5.74) is 2.71. The van der Waals surface area contributed by atoms with Gasteiger partial charge in [-0.15, -0.1) is 0 Å². The molecule has 144 valence electrons. The van der Waals surface area contributed by atoms with Gasteiger partial charge in [0, 0.05) is 12.6 Å². The van der Waals surface area contributed by atoms with E-state index in [1.54, 1.807) is 4.90 Å². The summed E-state index contributed by atoms with van der Waals surface area (Å²) in [6.45, 7) is 4.38. The Hall–Kier alpha value is -2.14.